The van der Waals surface area contributed by atoms with E-state index in [0.717, 1.165) is 26.2 Å². The Balaban J connectivity index is 2.14. The Morgan fingerprint density at radius 2 is 2.46 bits per heavy atom. The van der Waals surface area contributed by atoms with Gasteiger partial charge in [-0.15, -0.1) is 0 Å². The van der Waals surface area contributed by atoms with Crippen LogP contribution in [0.4, 0.5) is 0 Å². The van der Waals surface area contributed by atoms with Gasteiger partial charge in [0, 0.05) is 13.1 Å². The third kappa shape index (κ3) is 0.845. The number of ether oxygens (including phenoxy) is 1. The number of nitrogens with one attached hydrogen (secondary N) is 1. The van der Waals surface area contributed by atoms with Crippen molar-refractivity contribution in [1.82, 2.24) is 15.1 Å². The van der Waals surface area contributed by atoms with E-state index >= 15 is 0 Å². The Morgan fingerprint density at radius 3 is 3.15 bits per heavy atom. The number of aromatic nitrogens is 2. The second-order valence-electron chi connectivity index (χ2n) is 3.85. The molecule has 2 aliphatic heterocycles. The molecule has 0 aromatic carbocycles. The number of rotatable bonds is 0. The third-order valence-corrected chi connectivity index (χ3v) is 2.96. The Bertz CT molecular complexity index is 341. The summed E-state index contributed by atoms with van der Waals surface area (Å²) in [7, 11) is 0. The quantitative estimate of drug-likeness (QED) is 0.610. The Hall–Kier alpha value is -0.870. The van der Waals surface area contributed by atoms with E-state index in [1.165, 1.54) is 11.3 Å². The molecule has 0 bridgehead atoms. The minimum Gasteiger partial charge on any atom is -0.364 e. The molecule has 4 nitrogen and oxygen atoms in total. The van der Waals surface area contributed by atoms with Gasteiger partial charge in [0.2, 0.25) is 0 Å². The summed E-state index contributed by atoms with van der Waals surface area (Å²) < 4.78 is 7.93. The van der Waals surface area contributed by atoms with Crippen LogP contribution < -0.4 is 5.32 Å². The topological polar surface area (TPSA) is 39.1 Å². The van der Waals surface area contributed by atoms with E-state index in [1.54, 1.807) is 0 Å². The lowest BCUT2D eigenvalue weighted by Gasteiger charge is -2.45. The average molecular weight is 179 g/mol. The van der Waals surface area contributed by atoms with Crippen molar-refractivity contribution in [2.75, 3.05) is 19.7 Å². The standard InChI is InChI=1S/C9H13N3O/c1-7-4-11-12-2-3-13-9(8(7)12)5-10-6-9/h4,10H,2-3,5-6H2,1H3. The molecule has 0 amide bonds. The third-order valence-electron chi connectivity index (χ3n) is 2.96. The largest absolute Gasteiger partial charge is 0.364 e. The molecule has 4 heteroatoms. The first kappa shape index (κ1) is 7.53. The molecule has 0 unspecified atom stereocenters. The van der Waals surface area contributed by atoms with E-state index in [1.807, 2.05) is 6.20 Å². The van der Waals surface area contributed by atoms with Crippen LogP contribution in [0.25, 0.3) is 0 Å². The van der Waals surface area contributed by atoms with Gasteiger partial charge in [0.15, 0.2) is 0 Å². The minimum absolute atomic E-state index is 0.0567. The lowest BCUT2D eigenvalue weighted by molar-refractivity contribution is -0.113. The predicted molar refractivity (Wildman–Crippen MR) is 47.5 cm³/mol. The van der Waals surface area contributed by atoms with Crippen molar-refractivity contribution >= 4 is 0 Å². The maximum absolute atomic E-state index is 5.84. The number of aryl methyl sites for hydroxylation is 1. The molecule has 1 N–H and O–H groups in total. The van der Waals surface area contributed by atoms with E-state index in [-0.39, 0.29) is 5.60 Å². The lowest BCUT2D eigenvalue weighted by atomic mass is 9.89. The summed E-state index contributed by atoms with van der Waals surface area (Å²) >= 11 is 0. The van der Waals surface area contributed by atoms with Gasteiger partial charge in [-0.3, -0.25) is 4.68 Å². The first-order valence-electron chi connectivity index (χ1n) is 4.69. The van der Waals surface area contributed by atoms with Gasteiger partial charge >= 0.3 is 0 Å². The molecule has 0 radical (unpaired) electrons. The molecule has 70 valence electrons. The van der Waals surface area contributed by atoms with Crippen molar-refractivity contribution in [3.05, 3.63) is 17.5 Å². The molecule has 1 aromatic heterocycles. The van der Waals surface area contributed by atoms with Crippen molar-refractivity contribution in [2.45, 2.75) is 19.1 Å². The van der Waals surface area contributed by atoms with E-state index in [2.05, 4.69) is 22.0 Å². The molecular weight excluding hydrogens is 166 g/mol. The van der Waals surface area contributed by atoms with Crippen LogP contribution in [0, 0.1) is 6.92 Å². The second kappa shape index (κ2) is 2.33. The van der Waals surface area contributed by atoms with E-state index in [9.17, 15) is 0 Å². The normalized spacial score (nSPS) is 24.1. The summed E-state index contributed by atoms with van der Waals surface area (Å²) in [6.45, 7) is 5.65. The second-order valence-corrected chi connectivity index (χ2v) is 3.85. The molecule has 3 heterocycles. The predicted octanol–water partition coefficient (Wildman–Crippen LogP) is 0.0202. The number of fused-ring (bicyclic) bond motifs is 2. The molecular formula is C9H13N3O. The van der Waals surface area contributed by atoms with Crippen molar-refractivity contribution in [3.63, 3.8) is 0 Å². The van der Waals surface area contributed by atoms with Crippen LogP contribution in [0.3, 0.4) is 0 Å². The van der Waals surface area contributed by atoms with Crippen LogP contribution >= 0.6 is 0 Å². The maximum atomic E-state index is 5.84. The van der Waals surface area contributed by atoms with Crippen LogP contribution in [0.5, 0.6) is 0 Å². The lowest BCUT2D eigenvalue weighted by Crippen LogP contribution is -2.61. The van der Waals surface area contributed by atoms with E-state index in [4.69, 9.17) is 4.74 Å². The van der Waals surface area contributed by atoms with Crippen LogP contribution in [0.15, 0.2) is 6.20 Å². The van der Waals surface area contributed by atoms with Gasteiger partial charge in [-0.1, -0.05) is 0 Å². The van der Waals surface area contributed by atoms with Crippen molar-refractivity contribution in [2.24, 2.45) is 0 Å². The highest BCUT2D eigenvalue weighted by Gasteiger charge is 2.45. The fraction of sp³-hybridized carbons (Fsp3) is 0.667. The Kier molecular flexibility index (Phi) is 1.35. The molecule has 3 rings (SSSR count). The highest BCUT2D eigenvalue weighted by molar-refractivity contribution is 5.28. The summed E-state index contributed by atoms with van der Waals surface area (Å²) in [5.41, 5.74) is 2.47. The fourth-order valence-corrected chi connectivity index (χ4v) is 2.26. The van der Waals surface area contributed by atoms with Gasteiger partial charge in [-0.05, 0) is 12.5 Å². The van der Waals surface area contributed by atoms with Gasteiger partial charge < -0.3 is 10.1 Å². The Morgan fingerprint density at radius 1 is 1.62 bits per heavy atom. The molecule has 1 fully saturated rings. The molecule has 13 heavy (non-hydrogen) atoms. The molecule has 0 aliphatic carbocycles. The summed E-state index contributed by atoms with van der Waals surface area (Å²) in [5, 5.41) is 7.61. The number of hydrogen-bond acceptors (Lipinski definition) is 3. The molecule has 1 saturated heterocycles. The van der Waals surface area contributed by atoms with Gasteiger partial charge in [-0.25, -0.2) is 0 Å². The highest BCUT2D eigenvalue weighted by Crippen LogP contribution is 2.34. The molecule has 1 aromatic rings. The maximum Gasteiger partial charge on any atom is 0.135 e. The SMILES string of the molecule is Cc1cnn2c1C1(CNC1)OCC2. The zero-order chi connectivity index (χ0) is 8.89. The van der Waals surface area contributed by atoms with Crippen LogP contribution in [0.2, 0.25) is 0 Å². The van der Waals surface area contributed by atoms with Crippen molar-refractivity contribution < 1.29 is 4.74 Å². The molecule has 0 saturated carbocycles. The summed E-state index contributed by atoms with van der Waals surface area (Å²) in [6.07, 6.45) is 1.93. The van der Waals surface area contributed by atoms with E-state index < -0.39 is 0 Å². The average Bonchev–Trinajstić information content (AvgIpc) is 2.45. The van der Waals surface area contributed by atoms with Gasteiger partial charge in [0.1, 0.15) is 5.60 Å². The summed E-state index contributed by atoms with van der Waals surface area (Å²) in [5.74, 6) is 0. The van der Waals surface area contributed by atoms with E-state index in [0.29, 0.717) is 0 Å². The van der Waals surface area contributed by atoms with Crippen LogP contribution in [-0.2, 0) is 16.9 Å². The van der Waals surface area contributed by atoms with Crippen LogP contribution in [-0.4, -0.2) is 29.5 Å². The van der Waals surface area contributed by atoms with Crippen molar-refractivity contribution in [1.29, 1.82) is 0 Å². The first-order valence-corrected chi connectivity index (χ1v) is 4.69. The zero-order valence-corrected chi connectivity index (χ0v) is 7.71. The molecule has 1 spiro atoms. The zero-order valence-electron chi connectivity index (χ0n) is 7.71. The fourth-order valence-electron chi connectivity index (χ4n) is 2.26. The Labute approximate surface area is 76.9 Å². The monoisotopic (exact) mass is 179 g/mol. The van der Waals surface area contributed by atoms with Gasteiger partial charge in [0.05, 0.1) is 25.0 Å². The van der Waals surface area contributed by atoms with Gasteiger partial charge in [-0.2, -0.15) is 5.10 Å². The smallest absolute Gasteiger partial charge is 0.135 e. The summed E-state index contributed by atoms with van der Waals surface area (Å²) in [4.78, 5) is 0. The number of hydrogen-bond donors (Lipinski definition) is 1. The summed E-state index contributed by atoms with van der Waals surface area (Å²) in [6, 6.07) is 0. The molecule has 0 atom stereocenters. The van der Waals surface area contributed by atoms with Crippen LogP contribution in [0.1, 0.15) is 11.3 Å². The molecule has 2 aliphatic rings. The number of nitrogens with zero attached hydrogens (tertiary/aromatic N) is 2. The van der Waals surface area contributed by atoms with Gasteiger partial charge in [0.25, 0.3) is 0 Å². The minimum atomic E-state index is -0.0567. The van der Waals surface area contributed by atoms with Crippen molar-refractivity contribution in [3.8, 4) is 0 Å². The highest BCUT2D eigenvalue weighted by atomic mass is 16.5. The first-order chi connectivity index (χ1) is 6.32.